The summed E-state index contributed by atoms with van der Waals surface area (Å²) >= 11 is 1.68. The fourth-order valence-corrected chi connectivity index (χ4v) is 6.78. The molecule has 0 spiro atoms. The quantitative estimate of drug-likeness (QED) is 0.259. The number of benzene rings is 1. The molecule has 5 nitrogen and oxygen atoms in total. The first-order valence-electron chi connectivity index (χ1n) is 13.4. The molecule has 38 heavy (non-hydrogen) atoms. The Balaban J connectivity index is 1.49. The SMILES string of the molecule is Cc1cccc(-n2c(C)cc(C=Nc3sc4c(c3C(=O)NCc3ccco3)CC[C@@H](C(C)(C)C)C4)c2C)c1. The lowest BCUT2D eigenvalue weighted by Gasteiger charge is -2.33. The zero-order chi connectivity index (χ0) is 27.0. The third kappa shape index (κ3) is 5.28. The molecule has 1 N–H and O–H groups in total. The van der Waals surface area contributed by atoms with Gasteiger partial charge < -0.3 is 14.3 Å². The van der Waals surface area contributed by atoms with Gasteiger partial charge in [-0.2, -0.15) is 0 Å². The van der Waals surface area contributed by atoms with Gasteiger partial charge in [0.05, 0.1) is 18.4 Å². The molecule has 0 fully saturated rings. The van der Waals surface area contributed by atoms with Gasteiger partial charge in [-0.05, 0) is 92.8 Å². The third-order valence-corrected chi connectivity index (χ3v) is 8.92. The van der Waals surface area contributed by atoms with Crippen LogP contribution in [0.15, 0.2) is 58.1 Å². The zero-order valence-corrected chi connectivity index (χ0v) is 24.0. The normalized spacial score (nSPS) is 15.7. The van der Waals surface area contributed by atoms with Gasteiger partial charge >= 0.3 is 0 Å². The fraction of sp³-hybridized carbons (Fsp3) is 0.375. The largest absolute Gasteiger partial charge is 0.467 e. The van der Waals surface area contributed by atoms with Gasteiger partial charge in [0, 0.05) is 33.7 Å². The van der Waals surface area contributed by atoms with E-state index >= 15 is 0 Å². The Labute approximate surface area is 229 Å². The maximum Gasteiger partial charge on any atom is 0.255 e. The molecule has 0 saturated carbocycles. The Bertz CT molecular complexity index is 1480. The molecule has 1 aliphatic carbocycles. The highest BCUT2D eigenvalue weighted by molar-refractivity contribution is 7.16. The monoisotopic (exact) mass is 527 g/mol. The lowest BCUT2D eigenvalue weighted by Crippen LogP contribution is -2.28. The van der Waals surface area contributed by atoms with Crippen LogP contribution in [0.1, 0.15) is 76.3 Å². The summed E-state index contributed by atoms with van der Waals surface area (Å²) in [5.74, 6) is 1.26. The van der Waals surface area contributed by atoms with Crippen LogP contribution in [0.5, 0.6) is 0 Å². The lowest BCUT2D eigenvalue weighted by atomic mass is 9.72. The van der Waals surface area contributed by atoms with Crippen LogP contribution in [-0.4, -0.2) is 16.7 Å². The fourth-order valence-electron chi connectivity index (χ4n) is 5.52. The number of rotatable bonds is 6. The number of thiophene rings is 1. The molecule has 4 aromatic rings. The molecule has 5 rings (SSSR count). The molecule has 0 bridgehead atoms. The maximum atomic E-state index is 13.5. The van der Waals surface area contributed by atoms with E-state index in [2.05, 4.69) is 81.8 Å². The van der Waals surface area contributed by atoms with E-state index in [4.69, 9.17) is 9.41 Å². The van der Waals surface area contributed by atoms with Crippen LogP contribution in [-0.2, 0) is 19.4 Å². The molecule has 0 saturated heterocycles. The topological polar surface area (TPSA) is 59.5 Å². The summed E-state index contributed by atoms with van der Waals surface area (Å²) < 4.78 is 7.69. The van der Waals surface area contributed by atoms with Crippen molar-refractivity contribution in [3.63, 3.8) is 0 Å². The van der Waals surface area contributed by atoms with Crippen LogP contribution in [0.25, 0.3) is 5.69 Å². The van der Waals surface area contributed by atoms with Gasteiger partial charge in [0.1, 0.15) is 10.8 Å². The number of fused-ring (bicyclic) bond motifs is 1. The Hall–Kier alpha value is -3.38. The summed E-state index contributed by atoms with van der Waals surface area (Å²) in [6.45, 7) is 13.7. The van der Waals surface area contributed by atoms with Crippen molar-refractivity contribution < 1.29 is 9.21 Å². The molecule has 0 unspecified atom stereocenters. The van der Waals surface area contributed by atoms with Crippen molar-refractivity contribution in [2.24, 2.45) is 16.3 Å². The average Bonchev–Trinajstić information content (AvgIpc) is 3.57. The number of amides is 1. The molecule has 0 aliphatic heterocycles. The molecular weight excluding hydrogens is 490 g/mol. The van der Waals surface area contributed by atoms with Crippen molar-refractivity contribution in [1.82, 2.24) is 9.88 Å². The number of aliphatic imine (C=N–C) groups is 1. The minimum Gasteiger partial charge on any atom is -0.467 e. The second kappa shape index (κ2) is 10.4. The number of aryl methyl sites for hydroxylation is 2. The van der Waals surface area contributed by atoms with Crippen LogP contribution < -0.4 is 5.32 Å². The number of carbonyl (C=O) groups is 1. The van der Waals surface area contributed by atoms with Crippen LogP contribution in [0.2, 0.25) is 0 Å². The highest BCUT2D eigenvalue weighted by Crippen LogP contribution is 2.45. The number of hydrogen-bond donors (Lipinski definition) is 1. The smallest absolute Gasteiger partial charge is 0.255 e. The molecule has 1 aromatic carbocycles. The predicted molar refractivity (Wildman–Crippen MR) is 156 cm³/mol. The second-order valence-electron chi connectivity index (χ2n) is 11.5. The first-order valence-corrected chi connectivity index (χ1v) is 14.2. The van der Waals surface area contributed by atoms with Crippen molar-refractivity contribution >= 4 is 28.5 Å². The van der Waals surface area contributed by atoms with E-state index in [0.717, 1.165) is 58.2 Å². The Morgan fingerprint density at radius 1 is 1.18 bits per heavy atom. The van der Waals surface area contributed by atoms with Crippen molar-refractivity contribution in [1.29, 1.82) is 0 Å². The molecule has 1 amide bonds. The van der Waals surface area contributed by atoms with Crippen molar-refractivity contribution in [2.75, 3.05) is 0 Å². The van der Waals surface area contributed by atoms with Gasteiger partial charge in [-0.3, -0.25) is 4.79 Å². The molecule has 198 valence electrons. The first-order chi connectivity index (χ1) is 18.1. The van der Waals surface area contributed by atoms with Crippen LogP contribution in [0.4, 0.5) is 5.00 Å². The molecule has 0 radical (unpaired) electrons. The maximum absolute atomic E-state index is 13.5. The van der Waals surface area contributed by atoms with Gasteiger partial charge in [0.2, 0.25) is 0 Å². The number of furan rings is 1. The Morgan fingerprint density at radius 3 is 2.71 bits per heavy atom. The lowest BCUT2D eigenvalue weighted by molar-refractivity contribution is 0.0947. The van der Waals surface area contributed by atoms with E-state index in [0.29, 0.717) is 12.5 Å². The van der Waals surface area contributed by atoms with Crippen molar-refractivity contribution in [3.05, 3.63) is 93.0 Å². The molecule has 1 aliphatic rings. The van der Waals surface area contributed by atoms with Crippen molar-refractivity contribution in [3.8, 4) is 5.69 Å². The van der Waals surface area contributed by atoms with E-state index in [1.54, 1.807) is 17.6 Å². The Morgan fingerprint density at radius 2 is 2.00 bits per heavy atom. The molecule has 3 heterocycles. The summed E-state index contributed by atoms with van der Waals surface area (Å²) in [4.78, 5) is 19.8. The second-order valence-corrected chi connectivity index (χ2v) is 12.6. The zero-order valence-electron chi connectivity index (χ0n) is 23.2. The highest BCUT2D eigenvalue weighted by atomic mass is 32.1. The molecular formula is C32H37N3O2S. The highest BCUT2D eigenvalue weighted by Gasteiger charge is 2.33. The average molecular weight is 528 g/mol. The van der Waals surface area contributed by atoms with E-state index in [1.165, 1.54) is 16.0 Å². The summed E-state index contributed by atoms with van der Waals surface area (Å²) in [5, 5.41) is 3.86. The molecule has 6 heteroatoms. The van der Waals surface area contributed by atoms with Gasteiger partial charge in [-0.15, -0.1) is 11.3 Å². The van der Waals surface area contributed by atoms with E-state index < -0.39 is 0 Å². The molecule has 3 aromatic heterocycles. The minimum absolute atomic E-state index is 0.0782. The first kappa shape index (κ1) is 26.2. The predicted octanol–water partition coefficient (Wildman–Crippen LogP) is 7.89. The van der Waals surface area contributed by atoms with Gasteiger partial charge in [0.15, 0.2) is 0 Å². The van der Waals surface area contributed by atoms with Crippen LogP contribution >= 0.6 is 11.3 Å². The van der Waals surface area contributed by atoms with E-state index in [1.807, 2.05) is 18.3 Å². The standard InChI is InChI=1S/C32H37N3O2S/c1-20-9-7-10-25(15-20)35-21(2)16-23(22(35)3)18-34-31-29(30(36)33-19-26-11-8-14-37-26)27-13-12-24(32(4,5)6)17-28(27)38-31/h7-11,14-16,18,24H,12-13,17,19H2,1-6H3,(H,33,36)/t24-/m1/s1. The number of nitrogens with one attached hydrogen (secondary N) is 1. The number of carbonyl (C=O) groups excluding carboxylic acids is 1. The summed E-state index contributed by atoms with van der Waals surface area (Å²) in [6, 6.07) is 14.4. The van der Waals surface area contributed by atoms with Gasteiger partial charge in [-0.25, -0.2) is 4.99 Å². The van der Waals surface area contributed by atoms with Crippen molar-refractivity contribution in [2.45, 2.75) is 67.3 Å². The van der Waals surface area contributed by atoms with E-state index in [9.17, 15) is 4.79 Å². The summed E-state index contributed by atoms with van der Waals surface area (Å²) in [7, 11) is 0. The number of hydrogen-bond acceptors (Lipinski definition) is 4. The Kier molecular flexibility index (Phi) is 7.19. The summed E-state index contributed by atoms with van der Waals surface area (Å²) in [5.41, 5.74) is 7.87. The van der Waals surface area contributed by atoms with Crippen LogP contribution in [0, 0.1) is 32.1 Å². The number of nitrogens with zero attached hydrogens (tertiary/aromatic N) is 2. The third-order valence-electron chi connectivity index (χ3n) is 7.75. The van der Waals surface area contributed by atoms with Gasteiger partial charge in [-0.1, -0.05) is 32.9 Å². The minimum atomic E-state index is -0.0782. The molecule has 1 atom stereocenters. The van der Waals surface area contributed by atoms with Gasteiger partial charge in [0.25, 0.3) is 5.91 Å². The summed E-state index contributed by atoms with van der Waals surface area (Å²) in [6.07, 6.45) is 6.56. The van der Waals surface area contributed by atoms with E-state index in [-0.39, 0.29) is 11.3 Å². The van der Waals surface area contributed by atoms with Crippen LogP contribution in [0.3, 0.4) is 0 Å². The number of aromatic nitrogens is 1.